The Hall–Kier alpha value is -3.44. The first-order valence-electron chi connectivity index (χ1n) is 9.14. The summed E-state index contributed by atoms with van der Waals surface area (Å²) in [5, 5.41) is 33.0. The van der Waals surface area contributed by atoms with Crippen molar-refractivity contribution in [2.75, 3.05) is 0 Å². The molecule has 0 fully saturated rings. The molecule has 1 aromatic heterocycles. The summed E-state index contributed by atoms with van der Waals surface area (Å²) in [6.07, 6.45) is -0.394. The molecule has 4 atom stereocenters. The number of para-hydroxylation sites is 1. The highest BCUT2D eigenvalue weighted by Crippen LogP contribution is 2.19. The van der Waals surface area contributed by atoms with Gasteiger partial charge in [0.05, 0.1) is 18.6 Å². The van der Waals surface area contributed by atoms with E-state index in [9.17, 15) is 29.4 Å². The first-order chi connectivity index (χ1) is 14.1. The zero-order chi connectivity index (χ0) is 22.4. The number of nitrogens with one attached hydrogen (secondary N) is 3. The highest BCUT2D eigenvalue weighted by atomic mass is 16.4. The number of H-pyrrole nitrogens is 1. The molecule has 0 aliphatic carbocycles. The number of amides is 2. The lowest BCUT2D eigenvalue weighted by molar-refractivity contribution is -0.145. The van der Waals surface area contributed by atoms with Gasteiger partial charge in [0, 0.05) is 23.5 Å². The van der Waals surface area contributed by atoms with Crippen LogP contribution in [0.1, 0.15) is 18.9 Å². The summed E-state index contributed by atoms with van der Waals surface area (Å²) >= 11 is 0. The van der Waals surface area contributed by atoms with Gasteiger partial charge in [0.25, 0.3) is 0 Å². The second-order valence-electron chi connectivity index (χ2n) is 6.89. The third kappa shape index (κ3) is 5.78. The SMILES string of the molecule is CC(O)C(NC(=O)C(Cc1c[nH]c2ccccc12)NC(=O)C(N)CC(=O)O)C(=O)O. The standard InChI is InChI=1S/C19H24N4O7/c1-9(24)16(19(29)30)23-18(28)14(22-17(27)12(20)7-15(25)26)6-10-8-21-13-5-3-2-4-11(10)13/h2-5,8-9,12,14,16,21,24H,6-7,20H2,1H3,(H,22,27)(H,23,28)(H,25,26)(H,29,30). The van der Waals surface area contributed by atoms with Crippen LogP contribution in [-0.4, -0.2) is 68.3 Å². The molecule has 0 saturated carbocycles. The number of hydrogen-bond acceptors (Lipinski definition) is 6. The molecule has 2 aromatic rings. The maximum Gasteiger partial charge on any atom is 0.328 e. The maximum absolute atomic E-state index is 12.7. The van der Waals surface area contributed by atoms with Gasteiger partial charge in [-0.15, -0.1) is 0 Å². The number of benzene rings is 1. The Balaban J connectivity index is 2.26. The number of carbonyl (C=O) groups excluding carboxylic acids is 2. The molecule has 162 valence electrons. The summed E-state index contributed by atoms with van der Waals surface area (Å²) in [6.45, 7) is 1.20. The Morgan fingerprint density at radius 3 is 2.37 bits per heavy atom. The van der Waals surface area contributed by atoms with Crippen molar-refractivity contribution >= 4 is 34.7 Å². The molecule has 0 bridgehead atoms. The number of nitrogens with two attached hydrogens (primary N) is 1. The van der Waals surface area contributed by atoms with Gasteiger partial charge in [0.15, 0.2) is 6.04 Å². The molecule has 0 saturated heterocycles. The van der Waals surface area contributed by atoms with Crippen molar-refractivity contribution in [3.8, 4) is 0 Å². The van der Waals surface area contributed by atoms with E-state index in [-0.39, 0.29) is 6.42 Å². The molecule has 0 aliphatic rings. The van der Waals surface area contributed by atoms with E-state index in [1.54, 1.807) is 12.3 Å². The van der Waals surface area contributed by atoms with E-state index in [1.807, 2.05) is 18.2 Å². The fraction of sp³-hybridized carbons (Fsp3) is 0.368. The van der Waals surface area contributed by atoms with Gasteiger partial charge in [0.2, 0.25) is 11.8 Å². The molecule has 1 heterocycles. The summed E-state index contributed by atoms with van der Waals surface area (Å²) < 4.78 is 0. The summed E-state index contributed by atoms with van der Waals surface area (Å²) in [7, 11) is 0. The van der Waals surface area contributed by atoms with Crippen LogP contribution in [0, 0.1) is 0 Å². The summed E-state index contributed by atoms with van der Waals surface area (Å²) in [5.41, 5.74) is 7.03. The van der Waals surface area contributed by atoms with E-state index in [2.05, 4.69) is 15.6 Å². The fourth-order valence-electron chi connectivity index (χ4n) is 2.93. The predicted octanol–water partition coefficient (Wildman–Crippen LogP) is -1.05. The minimum Gasteiger partial charge on any atom is -0.481 e. The Bertz CT molecular complexity index is 940. The first-order valence-corrected chi connectivity index (χ1v) is 9.14. The van der Waals surface area contributed by atoms with E-state index in [0.717, 1.165) is 10.9 Å². The number of aliphatic hydroxyl groups is 1. The van der Waals surface area contributed by atoms with Gasteiger partial charge in [0.1, 0.15) is 6.04 Å². The second kappa shape index (κ2) is 9.85. The quantitative estimate of drug-likeness (QED) is 0.253. The number of hydrogen-bond donors (Lipinski definition) is 7. The van der Waals surface area contributed by atoms with Crippen molar-refractivity contribution in [1.29, 1.82) is 0 Å². The van der Waals surface area contributed by atoms with Crippen molar-refractivity contribution in [3.05, 3.63) is 36.0 Å². The van der Waals surface area contributed by atoms with Crippen LogP contribution in [0.2, 0.25) is 0 Å². The molecule has 2 rings (SSSR count). The van der Waals surface area contributed by atoms with Crippen molar-refractivity contribution in [3.63, 3.8) is 0 Å². The number of carboxylic acid groups (broad SMARTS) is 2. The first kappa shape index (κ1) is 22.8. The topological polar surface area (TPSA) is 195 Å². The predicted molar refractivity (Wildman–Crippen MR) is 105 cm³/mol. The van der Waals surface area contributed by atoms with Gasteiger partial charge in [-0.3, -0.25) is 14.4 Å². The van der Waals surface area contributed by atoms with Gasteiger partial charge in [-0.05, 0) is 18.6 Å². The fourth-order valence-corrected chi connectivity index (χ4v) is 2.93. The van der Waals surface area contributed by atoms with Gasteiger partial charge in [-0.25, -0.2) is 4.79 Å². The normalized spacial score (nSPS) is 15.0. The zero-order valence-electron chi connectivity index (χ0n) is 16.2. The van der Waals surface area contributed by atoms with Crippen LogP contribution >= 0.6 is 0 Å². The van der Waals surface area contributed by atoms with E-state index in [4.69, 9.17) is 10.8 Å². The van der Waals surface area contributed by atoms with E-state index < -0.39 is 54.4 Å². The van der Waals surface area contributed by atoms with Crippen LogP contribution in [0.5, 0.6) is 0 Å². The minimum atomic E-state index is -1.59. The van der Waals surface area contributed by atoms with Gasteiger partial charge in [-0.1, -0.05) is 18.2 Å². The van der Waals surface area contributed by atoms with E-state index in [1.165, 1.54) is 6.92 Å². The van der Waals surface area contributed by atoms with Crippen molar-refractivity contribution in [2.45, 2.75) is 44.0 Å². The number of aromatic amines is 1. The molecule has 2 amide bonds. The van der Waals surface area contributed by atoms with Crippen molar-refractivity contribution in [1.82, 2.24) is 15.6 Å². The molecule has 8 N–H and O–H groups in total. The van der Waals surface area contributed by atoms with Gasteiger partial charge < -0.3 is 36.7 Å². The zero-order valence-corrected chi connectivity index (χ0v) is 16.2. The lowest BCUT2D eigenvalue weighted by Crippen LogP contribution is -2.57. The molecule has 11 heteroatoms. The molecule has 11 nitrogen and oxygen atoms in total. The molecular formula is C19H24N4O7. The van der Waals surface area contributed by atoms with Gasteiger partial charge in [-0.2, -0.15) is 0 Å². The van der Waals surface area contributed by atoms with Crippen LogP contribution in [0.25, 0.3) is 10.9 Å². The number of aliphatic hydroxyl groups excluding tert-OH is 1. The summed E-state index contributed by atoms with van der Waals surface area (Å²) in [5.74, 6) is -4.46. The minimum absolute atomic E-state index is 0.0203. The highest BCUT2D eigenvalue weighted by molar-refractivity contribution is 5.94. The number of aliphatic carboxylic acids is 2. The number of carboxylic acids is 2. The average Bonchev–Trinajstić information content (AvgIpc) is 3.07. The molecule has 0 radical (unpaired) electrons. The number of fused-ring (bicyclic) bond motifs is 1. The molecule has 0 spiro atoms. The van der Waals surface area contributed by atoms with Crippen molar-refractivity contribution < 1.29 is 34.5 Å². The summed E-state index contributed by atoms with van der Waals surface area (Å²) in [6, 6.07) is 3.01. The van der Waals surface area contributed by atoms with Crippen LogP contribution < -0.4 is 16.4 Å². The highest BCUT2D eigenvalue weighted by Gasteiger charge is 2.31. The van der Waals surface area contributed by atoms with Crippen LogP contribution in [0.3, 0.4) is 0 Å². The van der Waals surface area contributed by atoms with Crippen LogP contribution in [0.15, 0.2) is 30.5 Å². The lowest BCUT2D eigenvalue weighted by atomic mass is 10.0. The number of carbonyl (C=O) groups is 4. The third-order valence-electron chi connectivity index (χ3n) is 4.51. The van der Waals surface area contributed by atoms with Crippen molar-refractivity contribution in [2.24, 2.45) is 5.73 Å². The summed E-state index contributed by atoms with van der Waals surface area (Å²) in [4.78, 5) is 50.1. The molecule has 4 unspecified atom stereocenters. The largest absolute Gasteiger partial charge is 0.481 e. The Morgan fingerprint density at radius 1 is 1.10 bits per heavy atom. The Morgan fingerprint density at radius 2 is 1.77 bits per heavy atom. The molecule has 30 heavy (non-hydrogen) atoms. The van der Waals surface area contributed by atoms with Gasteiger partial charge >= 0.3 is 11.9 Å². The number of rotatable bonds is 10. The lowest BCUT2D eigenvalue weighted by Gasteiger charge is -2.23. The molecular weight excluding hydrogens is 396 g/mol. The average molecular weight is 420 g/mol. The Kier molecular flexibility index (Phi) is 7.50. The van der Waals surface area contributed by atoms with E-state index in [0.29, 0.717) is 5.56 Å². The molecule has 1 aromatic carbocycles. The van der Waals surface area contributed by atoms with Crippen LogP contribution in [-0.2, 0) is 25.6 Å². The molecule has 0 aliphatic heterocycles. The second-order valence-corrected chi connectivity index (χ2v) is 6.89. The maximum atomic E-state index is 12.7. The number of aromatic nitrogens is 1. The van der Waals surface area contributed by atoms with Crippen LogP contribution in [0.4, 0.5) is 0 Å². The Labute approximate surface area is 171 Å². The van der Waals surface area contributed by atoms with E-state index >= 15 is 0 Å². The third-order valence-corrected chi connectivity index (χ3v) is 4.51. The monoisotopic (exact) mass is 420 g/mol. The smallest absolute Gasteiger partial charge is 0.328 e.